The molecule has 0 aliphatic rings. The molecule has 128 valence electrons. The average molecular weight is 321 g/mol. The number of esters is 1. The van der Waals surface area contributed by atoms with Gasteiger partial charge in [0.25, 0.3) is 0 Å². The van der Waals surface area contributed by atoms with Gasteiger partial charge in [0.2, 0.25) is 0 Å². The SMILES string of the molecule is COC(=O)CCCc1ccccc1CN(C)C(=O)OC(C)(C)C. The first-order valence-corrected chi connectivity index (χ1v) is 7.80. The van der Waals surface area contributed by atoms with Crippen molar-refractivity contribution < 1.29 is 19.1 Å². The minimum atomic E-state index is -0.509. The van der Waals surface area contributed by atoms with Crippen LogP contribution in [-0.4, -0.2) is 36.7 Å². The Morgan fingerprint density at radius 2 is 1.74 bits per heavy atom. The molecule has 0 atom stereocenters. The van der Waals surface area contributed by atoms with Gasteiger partial charge in [0, 0.05) is 20.0 Å². The molecule has 0 spiro atoms. The highest BCUT2D eigenvalue weighted by Gasteiger charge is 2.20. The molecule has 0 aromatic heterocycles. The van der Waals surface area contributed by atoms with Crippen molar-refractivity contribution in [1.82, 2.24) is 4.90 Å². The molecule has 1 rings (SSSR count). The second kappa shape index (κ2) is 8.56. The maximum Gasteiger partial charge on any atom is 0.410 e. The molecule has 0 saturated carbocycles. The highest BCUT2D eigenvalue weighted by molar-refractivity contribution is 5.69. The highest BCUT2D eigenvalue weighted by atomic mass is 16.6. The topological polar surface area (TPSA) is 55.8 Å². The van der Waals surface area contributed by atoms with Gasteiger partial charge >= 0.3 is 12.1 Å². The summed E-state index contributed by atoms with van der Waals surface area (Å²) in [7, 11) is 3.12. The quantitative estimate of drug-likeness (QED) is 0.752. The van der Waals surface area contributed by atoms with E-state index in [1.807, 2.05) is 45.0 Å². The van der Waals surface area contributed by atoms with E-state index < -0.39 is 5.60 Å². The van der Waals surface area contributed by atoms with E-state index in [4.69, 9.17) is 4.74 Å². The van der Waals surface area contributed by atoms with Crippen molar-refractivity contribution in [3.05, 3.63) is 35.4 Å². The molecule has 0 heterocycles. The number of benzene rings is 1. The predicted octanol–water partition coefficient (Wildman–Crippen LogP) is 3.55. The average Bonchev–Trinajstić information content (AvgIpc) is 2.47. The Hall–Kier alpha value is -2.04. The summed E-state index contributed by atoms with van der Waals surface area (Å²) in [6.07, 6.45) is 1.54. The van der Waals surface area contributed by atoms with Crippen molar-refractivity contribution in [2.45, 2.75) is 52.2 Å². The van der Waals surface area contributed by atoms with Gasteiger partial charge in [-0.15, -0.1) is 0 Å². The second-order valence-corrected chi connectivity index (χ2v) is 6.53. The summed E-state index contributed by atoms with van der Waals surface area (Å²) in [5, 5.41) is 0. The van der Waals surface area contributed by atoms with Crippen LogP contribution >= 0.6 is 0 Å². The van der Waals surface area contributed by atoms with Gasteiger partial charge in [0.05, 0.1) is 7.11 Å². The number of carbonyl (C=O) groups is 2. The van der Waals surface area contributed by atoms with Crippen LogP contribution in [0, 0.1) is 0 Å². The van der Waals surface area contributed by atoms with Gasteiger partial charge < -0.3 is 14.4 Å². The van der Waals surface area contributed by atoms with Crippen molar-refractivity contribution in [2.24, 2.45) is 0 Å². The van der Waals surface area contributed by atoms with Crippen molar-refractivity contribution >= 4 is 12.1 Å². The zero-order chi connectivity index (χ0) is 17.5. The minimum Gasteiger partial charge on any atom is -0.469 e. The molecule has 5 heteroatoms. The third kappa shape index (κ3) is 7.17. The molecule has 0 radical (unpaired) electrons. The summed E-state index contributed by atoms with van der Waals surface area (Å²) in [4.78, 5) is 24.8. The van der Waals surface area contributed by atoms with E-state index in [0.29, 0.717) is 13.0 Å². The Bertz CT molecular complexity index is 534. The summed E-state index contributed by atoms with van der Waals surface area (Å²) in [6.45, 7) is 6.02. The molecule has 0 aliphatic heterocycles. The molecule has 1 amide bonds. The van der Waals surface area contributed by atoms with Crippen LogP contribution in [0.25, 0.3) is 0 Å². The number of nitrogens with zero attached hydrogens (tertiary/aromatic N) is 1. The molecule has 0 fully saturated rings. The first-order chi connectivity index (χ1) is 10.7. The van der Waals surface area contributed by atoms with Gasteiger partial charge in [-0.3, -0.25) is 4.79 Å². The lowest BCUT2D eigenvalue weighted by molar-refractivity contribution is -0.140. The first kappa shape index (κ1) is 19.0. The van der Waals surface area contributed by atoms with Gasteiger partial charge in [0.1, 0.15) is 5.60 Å². The van der Waals surface area contributed by atoms with Crippen molar-refractivity contribution in [2.75, 3.05) is 14.2 Å². The number of methoxy groups -OCH3 is 1. The number of aryl methyl sites for hydroxylation is 1. The number of rotatable bonds is 6. The van der Waals surface area contributed by atoms with Crippen LogP contribution in [0.3, 0.4) is 0 Å². The number of ether oxygens (including phenoxy) is 2. The Morgan fingerprint density at radius 3 is 2.30 bits per heavy atom. The summed E-state index contributed by atoms with van der Waals surface area (Å²) in [5.41, 5.74) is 1.68. The van der Waals surface area contributed by atoms with Gasteiger partial charge in [-0.25, -0.2) is 4.79 Å². The highest BCUT2D eigenvalue weighted by Crippen LogP contribution is 2.16. The normalized spacial score (nSPS) is 11.0. The fraction of sp³-hybridized carbons (Fsp3) is 0.556. The Balaban J connectivity index is 2.66. The molecular formula is C18H27NO4. The maximum atomic E-state index is 12.1. The third-order valence-electron chi connectivity index (χ3n) is 3.29. The molecule has 0 bridgehead atoms. The Morgan fingerprint density at radius 1 is 1.13 bits per heavy atom. The molecular weight excluding hydrogens is 294 g/mol. The lowest BCUT2D eigenvalue weighted by Gasteiger charge is -2.25. The molecule has 0 unspecified atom stereocenters. The molecule has 0 saturated heterocycles. The first-order valence-electron chi connectivity index (χ1n) is 7.80. The lowest BCUT2D eigenvalue weighted by Crippen LogP contribution is -2.34. The molecule has 1 aromatic carbocycles. The van der Waals surface area contributed by atoms with E-state index in [1.54, 1.807) is 11.9 Å². The van der Waals surface area contributed by atoms with Crippen molar-refractivity contribution in [3.63, 3.8) is 0 Å². The zero-order valence-corrected chi connectivity index (χ0v) is 14.7. The fourth-order valence-electron chi connectivity index (χ4n) is 2.14. The number of hydrogen-bond donors (Lipinski definition) is 0. The number of carbonyl (C=O) groups excluding carboxylic acids is 2. The number of hydrogen-bond acceptors (Lipinski definition) is 4. The van der Waals surface area contributed by atoms with Crippen LogP contribution in [0.2, 0.25) is 0 Å². The third-order valence-corrected chi connectivity index (χ3v) is 3.29. The van der Waals surface area contributed by atoms with Crippen molar-refractivity contribution in [1.29, 1.82) is 0 Å². The summed E-state index contributed by atoms with van der Waals surface area (Å²) in [5.74, 6) is -0.201. The standard InChI is InChI=1S/C18H27NO4/c1-18(2,3)23-17(21)19(4)13-15-10-7-6-9-14(15)11-8-12-16(20)22-5/h6-7,9-10H,8,11-13H2,1-5H3. The summed E-state index contributed by atoms with van der Waals surface area (Å²) < 4.78 is 10.0. The van der Waals surface area contributed by atoms with Crippen LogP contribution in [0.4, 0.5) is 4.79 Å². The molecule has 1 aromatic rings. The van der Waals surface area contributed by atoms with E-state index in [1.165, 1.54) is 7.11 Å². The molecule has 23 heavy (non-hydrogen) atoms. The monoisotopic (exact) mass is 321 g/mol. The summed E-state index contributed by atoms with van der Waals surface area (Å²) in [6, 6.07) is 7.93. The fourth-order valence-corrected chi connectivity index (χ4v) is 2.14. The van der Waals surface area contributed by atoms with Gasteiger partial charge in [-0.2, -0.15) is 0 Å². The number of amides is 1. The summed E-state index contributed by atoms with van der Waals surface area (Å²) >= 11 is 0. The van der Waals surface area contributed by atoms with E-state index in [0.717, 1.165) is 24.0 Å². The molecule has 0 aliphatic carbocycles. The zero-order valence-electron chi connectivity index (χ0n) is 14.7. The maximum absolute atomic E-state index is 12.1. The van der Waals surface area contributed by atoms with E-state index in [2.05, 4.69) is 4.74 Å². The van der Waals surface area contributed by atoms with E-state index >= 15 is 0 Å². The van der Waals surface area contributed by atoms with Crippen LogP contribution in [0.1, 0.15) is 44.7 Å². The van der Waals surface area contributed by atoms with Crippen LogP contribution in [0.5, 0.6) is 0 Å². The van der Waals surface area contributed by atoms with Gasteiger partial charge in [0.15, 0.2) is 0 Å². The van der Waals surface area contributed by atoms with Gasteiger partial charge in [-0.05, 0) is 44.7 Å². The van der Waals surface area contributed by atoms with Crippen molar-refractivity contribution in [3.8, 4) is 0 Å². The van der Waals surface area contributed by atoms with E-state index in [-0.39, 0.29) is 12.1 Å². The van der Waals surface area contributed by atoms with Crippen LogP contribution in [-0.2, 0) is 27.2 Å². The predicted molar refractivity (Wildman–Crippen MR) is 89.1 cm³/mol. The van der Waals surface area contributed by atoms with E-state index in [9.17, 15) is 9.59 Å². The van der Waals surface area contributed by atoms with Gasteiger partial charge in [-0.1, -0.05) is 24.3 Å². The van der Waals surface area contributed by atoms with Crippen LogP contribution in [0.15, 0.2) is 24.3 Å². The smallest absolute Gasteiger partial charge is 0.410 e. The Labute approximate surface area is 138 Å². The largest absolute Gasteiger partial charge is 0.469 e. The second-order valence-electron chi connectivity index (χ2n) is 6.53. The molecule has 0 N–H and O–H groups in total. The van der Waals surface area contributed by atoms with Crippen LogP contribution < -0.4 is 0 Å². The lowest BCUT2D eigenvalue weighted by atomic mass is 10.0. The minimum absolute atomic E-state index is 0.201. The molecule has 5 nitrogen and oxygen atoms in total. The Kier molecular flexibility index (Phi) is 7.07.